The Labute approximate surface area is 111 Å². The number of benzene rings is 2. The Hall–Kier alpha value is -1.38. The van der Waals surface area contributed by atoms with Gasteiger partial charge in [0.05, 0.1) is 6.10 Å². The highest BCUT2D eigenvalue weighted by molar-refractivity contribution is 6.31. The molecule has 0 heterocycles. The summed E-state index contributed by atoms with van der Waals surface area (Å²) in [5, 5.41) is 10.4. The largest absolute Gasteiger partial charge is 0.392 e. The van der Waals surface area contributed by atoms with E-state index in [0.717, 1.165) is 11.1 Å². The van der Waals surface area contributed by atoms with Gasteiger partial charge in [-0.25, -0.2) is 4.39 Å². The van der Waals surface area contributed by atoms with E-state index in [0.29, 0.717) is 17.9 Å². The van der Waals surface area contributed by atoms with Gasteiger partial charge in [0.2, 0.25) is 0 Å². The fourth-order valence-corrected chi connectivity index (χ4v) is 2.14. The van der Waals surface area contributed by atoms with Gasteiger partial charge >= 0.3 is 0 Å². The van der Waals surface area contributed by atoms with Gasteiger partial charge in [-0.15, -0.1) is 0 Å². The van der Waals surface area contributed by atoms with Crippen LogP contribution in [0.3, 0.4) is 0 Å². The molecule has 18 heavy (non-hydrogen) atoms. The summed E-state index contributed by atoms with van der Waals surface area (Å²) in [7, 11) is 0. The van der Waals surface area contributed by atoms with Crippen molar-refractivity contribution in [3.63, 3.8) is 0 Å². The van der Waals surface area contributed by atoms with Crippen LogP contribution in [0.5, 0.6) is 0 Å². The maximum absolute atomic E-state index is 12.9. The lowest BCUT2D eigenvalue weighted by Gasteiger charge is -2.12. The first-order valence-electron chi connectivity index (χ1n) is 5.81. The molecule has 1 unspecified atom stereocenters. The number of rotatable bonds is 4. The van der Waals surface area contributed by atoms with Crippen molar-refractivity contribution in [3.05, 3.63) is 70.5 Å². The van der Waals surface area contributed by atoms with E-state index in [2.05, 4.69) is 0 Å². The maximum Gasteiger partial charge on any atom is 0.124 e. The highest BCUT2D eigenvalue weighted by Crippen LogP contribution is 2.19. The lowest BCUT2D eigenvalue weighted by atomic mass is 10.0. The summed E-state index contributed by atoms with van der Waals surface area (Å²) in [6.07, 6.45) is 0.470. The number of halogens is 2. The van der Waals surface area contributed by atoms with Gasteiger partial charge in [-0.05, 0) is 29.7 Å². The molecule has 0 spiro atoms. The third kappa shape index (κ3) is 3.56. The molecule has 1 atom stereocenters. The zero-order chi connectivity index (χ0) is 13.0. The van der Waals surface area contributed by atoms with Crippen molar-refractivity contribution in [2.45, 2.75) is 18.9 Å². The summed E-state index contributed by atoms with van der Waals surface area (Å²) in [4.78, 5) is 0. The van der Waals surface area contributed by atoms with Crippen LogP contribution in [-0.2, 0) is 12.8 Å². The second-order valence-electron chi connectivity index (χ2n) is 4.28. The van der Waals surface area contributed by atoms with Crippen molar-refractivity contribution in [3.8, 4) is 0 Å². The van der Waals surface area contributed by atoms with E-state index in [4.69, 9.17) is 11.6 Å². The Morgan fingerprint density at radius 1 is 1.06 bits per heavy atom. The van der Waals surface area contributed by atoms with Crippen molar-refractivity contribution < 1.29 is 9.50 Å². The second-order valence-corrected chi connectivity index (χ2v) is 4.69. The molecule has 0 amide bonds. The Balaban J connectivity index is 2.01. The van der Waals surface area contributed by atoms with Crippen molar-refractivity contribution in [2.24, 2.45) is 0 Å². The molecule has 0 radical (unpaired) electrons. The molecule has 94 valence electrons. The van der Waals surface area contributed by atoms with Crippen molar-refractivity contribution in [2.75, 3.05) is 0 Å². The molecule has 0 aliphatic rings. The highest BCUT2D eigenvalue weighted by Gasteiger charge is 2.10. The molecule has 0 saturated carbocycles. The minimum Gasteiger partial charge on any atom is -0.392 e. The topological polar surface area (TPSA) is 20.2 Å². The third-order valence-electron chi connectivity index (χ3n) is 2.78. The first kappa shape index (κ1) is 13.1. The van der Waals surface area contributed by atoms with E-state index >= 15 is 0 Å². The molecule has 0 aliphatic carbocycles. The van der Waals surface area contributed by atoms with Crippen LogP contribution in [0.1, 0.15) is 11.1 Å². The van der Waals surface area contributed by atoms with Crippen LogP contribution in [-0.4, -0.2) is 11.2 Å². The average molecular weight is 265 g/mol. The summed E-state index contributed by atoms with van der Waals surface area (Å²) in [5.41, 5.74) is 1.84. The molecule has 2 aromatic rings. The SMILES string of the molecule is OC(Cc1ccccc1)Cc1ccc(F)cc1Cl. The molecule has 0 saturated heterocycles. The quantitative estimate of drug-likeness (QED) is 0.894. The molecular formula is C15H14ClFO. The van der Waals surface area contributed by atoms with Gasteiger partial charge in [0.1, 0.15) is 5.82 Å². The average Bonchev–Trinajstić information content (AvgIpc) is 2.34. The van der Waals surface area contributed by atoms with Gasteiger partial charge in [-0.1, -0.05) is 48.0 Å². The van der Waals surface area contributed by atoms with Crippen LogP contribution >= 0.6 is 11.6 Å². The van der Waals surface area contributed by atoms with Crippen LogP contribution in [0, 0.1) is 5.82 Å². The van der Waals surface area contributed by atoms with Crippen LogP contribution in [0.4, 0.5) is 4.39 Å². The smallest absolute Gasteiger partial charge is 0.124 e. The molecular weight excluding hydrogens is 251 g/mol. The molecule has 1 N–H and O–H groups in total. The summed E-state index contributed by atoms with van der Waals surface area (Å²) in [6.45, 7) is 0. The number of aliphatic hydroxyl groups is 1. The fraction of sp³-hybridized carbons (Fsp3) is 0.200. The summed E-state index contributed by atoms with van der Waals surface area (Å²) in [5.74, 6) is -0.360. The molecule has 3 heteroatoms. The molecule has 2 aromatic carbocycles. The predicted molar refractivity (Wildman–Crippen MR) is 71.3 cm³/mol. The number of hydrogen-bond donors (Lipinski definition) is 1. The van der Waals surface area contributed by atoms with Crippen LogP contribution < -0.4 is 0 Å². The van der Waals surface area contributed by atoms with E-state index < -0.39 is 6.10 Å². The predicted octanol–water partition coefficient (Wildman–Crippen LogP) is 3.63. The Kier molecular flexibility index (Phi) is 4.34. The summed E-state index contributed by atoms with van der Waals surface area (Å²) in [6, 6.07) is 14.0. The maximum atomic E-state index is 12.9. The van der Waals surface area contributed by atoms with Gasteiger partial charge in [-0.2, -0.15) is 0 Å². The van der Waals surface area contributed by atoms with E-state index in [-0.39, 0.29) is 5.82 Å². The van der Waals surface area contributed by atoms with Crippen LogP contribution in [0.2, 0.25) is 5.02 Å². The monoisotopic (exact) mass is 264 g/mol. The lowest BCUT2D eigenvalue weighted by Crippen LogP contribution is -2.14. The second kappa shape index (κ2) is 5.98. The zero-order valence-electron chi connectivity index (χ0n) is 9.81. The number of aliphatic hydroxyl groups excluding tert-OH is 1. The minimum atomic E-state index is -0.518. The Bertz CT molecular complexity index is 513. The molecule has 0 bridgehead atoms. The molecule has 1 nitrogen and oxygen atoms in total. The van der Waals surface area contributed by atoms with Crippen molar-refractivity contribution in [1.82, 2.24) is 0 Å². The first-order chi connectivity index (χ1) is 8.65. The van der Waals surface area contributed by atoms with Gasteiger partial charge in [-0.3, -0.25) is 0 Å². The Morgan fingerprint density at radius 3 is 2.44 bits per heavy atom. The Morgan fingerprint density at radius 2 is 1.78 bits per heavy atom. The summed E-state index contributed by atoms with van der Waals surface area (Å²) >= 11 is 5.93. The minimum absolute atomic E-state index is 0.360. The molecule has 0 aliphatic heterocycles. The lowest BCUT2D eigenvalue weighted by molar-refractivity contribution is 0.175. The van der Waals surface area contributed by atoms with Gasteiger partial charge in [0.15, 0.2) is 0 Å². The first-order valence-corrected chi connectivity index (χ1v) is 6.19. The van der Waals surface area contributed by atoms with E-state index in [1.807, 2.05) is 30.3 Å². The van der Waals surface area contributed by atoms with Gasteiger partial charge in [0.25, 0.3) is 0 Å². The van der Waals surface area contributed by atoms with Gasteiger partial charge < -0.3 is 5.11 Å². The van der Waals surface area contributed by atoms with Crippen LogP contribution in [0.15, 0.2) is 48.5 Å². The molecule has 2 rings (SSSR count). The van der Waals surface area contributed by atoms with Gasteiger partial charge in [0, 0.05) is 11.4 Å². The zero-order valence-corrected chi connectivity index (χ0v) is 10.6. The summed E-state index contributed by atoms with van der Waals surface area (Å²) < 4.78 is 12.9. The molecule has 0 aromatic heterocycles. The third-order valence-corrected chi connectivity index (χ3v) is 3.14. The standard InChI is InChI=1S/C15H14ClFO/c16-15-10-13(17)7-6-12(15)9-14(18)8-11-4-2-1-3-5-11/h1-7,10,14,18H,8-9H2. The number of hydrogen-bond acceptors (Lipinski definition) is 1. The van der Waals surface area contributed by atoms with Crippen molar-refractivity contribution >= 4 is 11.6 Å². The molecule has 0 fully saturated rings. The van der Waals surface area contributed by atoms with Crippen molar-refractivity contribution in [1.29, 1.82) is 0 Å². The van der Waals surface area contributed by atoms with E-state index in [1.54, 1.807) is 6.07 Å². The van der Waals surface area contributed by atoms with E-state index in [1.165, 1.54) is 12.1 Å². The normalized spacial score (nSPS) is 12.4. The highest BCUT2D eigenvalue weighted by atomic mass is 35.5. The van der Waals surface area contributed by atoms with E-state index in [9.17, 15) is 9.50 Å². The van der Waals surface area contributed by atoms with Crippen LogP contribution in [0.25, 0.3) is 0 Å². The fourth-order valence-electron chi connectivity index (χ4n) is 1.90.